The van der Waals surface area contributed by atoms with Crippen LogP contribution in [0.25, 0.3) is 0 Å². The molecule has 1 aliphatic heterocycles. The third-order valence-electron chi connectivity index (χ3n) is 6.59. The molecule has 0 radical (unpaired) electrons. The van der Waals surface area contributed by atoms with Gasteiger partial charge in [-0.2, -0.15) is 0 Å². The van der Waals surface area contributed by atoms with Gasteiger partial charge in [0.2, 0.25) is 0 Å². The van der Waals surface area contributed by atoms with Crippen LogP contribution in [0, 0.1) is 0 Å². The van der Waals surface area contributed by atoms with Crippen LogP contribution in [0.3, 0.4) is 0 Å². The van der Waals surface area contributed by atoms with E-state index in [4.69, 9.17) is 33.2 Å². The molecule has 0 aromatic heterocycles. The number of nitrogens with one attached hydrogen (secondary N) is 1. The van der Waals surface area contributed by atoms with Crippen LogP contribution in [0.1, 0.15) is 63.9 Å². The second kappa shape index (κ2) is 25.7. The van der Waals surface area contributed by atoms with Crippen molar-refractivity contribution < 1.29 is 33.2 Å². The van der Waals surface area contributed by atoms with Gasteiger partial charge in [0.15, 0.2) is 0 Å². The molecule has 1 fully saturated rings. The van der Waals surface area contributed by atoms with E-state index in [1.54, 1.807) is 0 Å². The maximum Gasteiger partial charge on any atom is 0.119 e. The van der Waals surface area contributed by atoms with Gasteiger partial charge < -0.3 is 38.5 Å². The highest BCUT2D eigenvalue weighted by molar-refractivity contribution is 5.27. The summed E-state index contributed by atoms with van der Waals surface area (Å²) in [5.41, 5.74) is 1.39. The number of hydrogen-bond donors (Lipinski definition) is 1. The molecular weight excluding hydrogens is 498 g/mol. The Labute approximate surface area is 237 Å². The highest BCUT2D eigenvalue weighted by atomic mass is 16.6. The van der Waals surface area contributed by atoms with E-state index in [1.165, 1.54) is 44.1 Å². The number of ether oxygens (including phenoxy) is 7. The van der Waals surface area contributed by atoms with Gasteiger partial charge in [0.25, 0.3) is 0 Å². The van der Waals surface area contributed by atoms with Gasteiger partial charge in [-0.1, -0.05) is 51.2 Å². The number of piperidine rings is 1. The van der Waals surface area contributed by atoms with Gasteiger partial charge in [-0.05, 0) is 56.5 Å². The molecule has 1 heterocycles. The molecule has 1 aromatic carbocycles. The zero-order chi connectivity index (χ0) is 27.5. The van der Waals surface area contributed by atoms with Crippen LogP contribution < -0.4 is 10.1 Å². The van der Waals surface area contributed by atoms with Crippen LogP contribution >= 0.6 is 0 Å². The van der Waals surface area contributed by atoms with Gasteiger partial charge >= 0.3 is 0 Å². The van der Waals surface area contributed by atoms with Crippen molar-refractivity contribution in [1.82, 2.24) is 5.32 Å². The summed E-state index contributed by atoms with van der Waals surface area (Å²) < 4.78 is 39.2. The SMILES string of the molecule is CCCCCCCCc1ccc(OCCOCCOCCOCCOCCOCCOC2CCNCC2)cc1. The first-order valence-corrected chi connectivity index (χ1v) is 15.3. The summed E-state index contributed by atoms with van der Waals surface area (Å²) in [5.74, 6) is 0.896. The standard InChI is InChI=1S/C31H55NO7/c1-2-3-4-5-6-7-8-29-9-11-30(12-10-29)38-27-25-36-23-21-34-19-17-33-18-20-35-22-24-37-26-28-39-31-13-15-32-16-14-31/h9-12,31-32H,2-8,13-28H2,1H3. The lowest BCUT2D eigenvalue weighted by Gasteiger charge is -2.22. The summed E-state index contributed by atoms with van der Waals surface area (Å²) in [6.45, 7) is 11.2. The van der Waals surface area contributed by atoms with Gasteiger partial charge in [0, 0.05) is 0 Å². The molecule has 39 heavy (non-hydrogen) atoms. The monoisotopic (exact) mass is 553 g/mol. The molecule has 8 nitrogen and oxygen atoms in total. The maximum absolute atomic E-state index is 5.79. The average molecular weight is 554 g/mol. The number of benzene rings is 1. The molecule has 0 amide bonds. The Morgan fingerprint density at radius 2 is 1.08 bits per heavy atom. The van der Waals surface area contributed by atoms with Crippen molar-refractivity contribution in [3.8, 4) is 5.75 Å². The first kappa shape index (κ1) is 33.9. The molecule has 1 aromatic rings. The Hall–Kier alpha value is -1.26. The zero-order valence-corrected chi connectivity index (χ0v) is 24.5. The largest absolute Gasteiger partial charge is 0.491 e. The number of rotatable bonds is 27. The Bertz CT molecular complexity index is 640. The quantitative estimate of drug-likeness (QED) is 0.156. The van der Waals surface area contributed by atoms with Gasteiger partial charge in [0.1, 0.15) is 12.4 Å². The van der Waals surface area contributed by atoms with Crippen molar-refractivity contribution in [1.29, 1.82) is 0 Å². The van der Waals surface area contributed by atoms with Crippen LogP contribution in [0.15, 0.2) is 24.3 Å². The predicted octanol–water partition coefficient (Wildman–Crippen LogP) is 4.82. The van der Waals surface area contributed by atoms with Crippen molar-refractivity contribution >= 4 is 0 Å². The van der Waals surface area contributed by atoms with Crippen molar-refractivity contribution in [3.05, 3.63) is 29.8 Å². The van der Waals surface area contributed by atoms with Crippen molar-refractivity contribution in [3.63, 3.8) is 0 Å². The fourth-order valence-electron chi connectivity index (χ4n) is 4.30. The third kappa shape index (κ3) is 20.3. The predicted molar refractivity (Wildman–Crippen MR) is 155 cm³/mol. The van der Waals surface area contributed by atoms with Crippen LogP contribution in [0.4, 0.5) is 0 Å². The van der Waals surface area contributed by atoms with Gasteiger partial charge in [-0.3, -0.25) is 0 Å². The molecule has 2 rings (SSSR count). The van der Waals surface area contributed by atoms with Crippen LogP contribution in [-0.2, 0) is 34.8 Å². The molecular formula is C31H55NO7. The Morgan fingerprint density at radius 3 is 1.64 bits per heavy atom. The lowest BCUT2D eigenvalue weighted by atomic mass is 10.0. The fourth-order valence-corrected chi connectivity index (χ4v) is 4.30. The Morgan fingerprint density at radius 1 is 0.590 bits per heavy atom. The molecule has 0 unspecified atom stereocenters. The number of hydrogen-bond acceptors (Lipinski definition) is 8. The molecule has 1 N–H and O–H groups in total. The number of aryl methyl sites for hydroxylation is 1. The molecule has 0 spiro atoms. The van der Waals surface area contributed by atoms with Crippen LogP contribution in [-0.4, -0.2) is 98.5 Å². The maximum atomic E-state index is 5.79. The third-order valence-corrected chi connectivity index (χ3v) is 6.59. The van der Waals surface area contributed by atoms with E-state index in [1.807, 2.05) is 0 Å². The van der Waals surface area contributed by atoms with E-state index in [0.717, 1.165) is 38.1 Å². The molecule has 1 saturated heterocycles. The van der Waals surface area contributed by atoms with Gasteiger partial charge in [-0.25, -0.2) is 0 Å². The molecule has 226 valence electrons. The van der Waals surface area contributed by atoms with Crippen LogP contribution in [0.2, 0.25) is 0 Å². The normalized spacial score (nSPS) is 14.2. The second-order valence-corrected chi connectivity index (χ2v) is 9.89. The summed E-state index contributed by atoms with van der Waals surface area (Å²) in [6.07, 6.45) is 11.7. The second-order valence-electron chi connectivity index (χ2n) is 9.89. The average Bonchev–Trinajstić information content (AvgIpc) is 2.97. The summed E-state index contributed by atoms with van der Waals surface area (Å²) >= 11 is 0. The lowest BCUT2D eigenvalue weighted by molar-refractivity contribution is -0.0299. The first-order chi connectivity index (χ1) is 19.4. The van der Waals surface area contributed by atoms with Gasteiger partial charge in [0.05, 0.1) is 78.8 Å². The summed E-state index contributed by atoms with van der Waals surface area (Å²) in [7, 11) is 0. The Balaban J connectivity index is 1.24. The van der Waals surface area contributed by atoms with Crippen LogP contribution in [0.5, 0.6) is 5.75 Å². The minimum Gasteiger partial charge on any atom is -0.491 e. The van der Waals surface area contributed by atoms with Gasteiger partial charge in [-0.15, -0.1) is 0 Å². The lowest BCUT2D eigenvalue weighted by Crippen LogP contribution is -2.33. The molecule has 0 saturated carbocycles. The Kier molecular flexibility index (Phi) is 22.4. The first-order valence-electron chi connectivity index (χ1n) is 15.3. The van der Waals surface area contributed by atoms with Crippen molar-refractivity contribution in [2.24, 2.45) is 0 Å². The summed E-state index contributed by atoms with van der Waals surface area (Å²) in [5, 5.41) is 3.33. The summed E-state index contributed by atoms with van der Waals surface area (Å²) in [4.78, 5) is 0. The molecule has 1 aliphatic rings. The zero-order valence-electron chi connectivity index (χ0n) is 24.5. The minimum atomic E-state index is 0.382. The van der Waals surface area contributed by atoms with Crippen molar-refractivity contribution in [2.75, 3.05) is 92.4 Å². The number of unbranched alkanes of at least 4 members (excludes halogenated alkanes) is 5. The molecule has 0 atom stereocenters. The fraction of sp³-hybridized carbons (Fsp3) is 0.806. The molecule has 0 bridgehead atoms. The molecule has 0 aliphatic carbocycles. The highest BCUT2D eigenvalue weighted by Gasteiger charge is 2.12. The van der Waals surface area contributed by atoms with E-state index in [-0.39, 0.29) is 0 Å². The minimum absolute atomic E-state index is 0.382. The smallest absolute Gasteiger partial charge is 0.119 e. The van der Waals surface area contributed by atoms with E-state index in [0.29, 0.717) is 85.4 Å². The van der Waals surface area contributed by atoms with E-state index >= 15 is 0 Å². The van der Waals surface area contributed by atoms with Crippen molar-refractivity contribution in [2.45, 2.75) is 70.8 Å². The topological polar surface area (TPSA) is 76.6 Å². The summed E-state index contributed by atoms with van der Waals surface area (Å²) in [6, 6.07) is 8.46. The molecule has 8 heteroatoms. The van der Waals surface area contributed by atoms with E-state index in [9.17, 15) is 0 Å². The van der Waals surface area contributed by atoms with E-state index < -0.39 is 0 Å². The highest BCUT2D eigenvalue weighted by Crippen LogP contribution is 2.15. The van der Waals surface area contributed by atoms with E-state index in [2.05, 4.69) is 36.5 Å².